The molecule has 16 heavy (non-hydrogen) atoms. The fraction of sp³-hybridized carbons (Fsp3) is 0.462. The highest BCUT2D eigenvalue weighted by Gasteiger charge is 2.48. The van der Waals surface area contributed by atoms with Gasteiger partial charge >= 0.3 is 5.97 Å². The summed E-state index contributed by atoms with van der Waals surface area (Å²) in [6.45, 7) is 0. The van der Waals surface area contributed by atoms with Crippen LogP contribution in [-0.4, -0.2) is 18.2 Å². The molecule has 1 saturated carbocycles. The van der Waals surface area contributed by atoms with E-state index in [2.05, 4.69) is 0 Å². The lowest BCUT2D eigenvalue weighted by molar-refractivity contribution is -0.154. The zero-order chi connectivity index (χ0) is 11.0. The van der Waals surface area contributed by atoms with Gasteiger partial charge in [-0.05, 0) is 24.8 Å². The van der Waals surface area contributed by atoms with E-state index in [1.807, 2.05) is 30.3 Å². The Morgan fingerprint density at radius 2 is 2.00 bits per heavy atom. The molecule has 1 aliphatic heterocycles. The van der Waals surface area contributed by atoms with E-state index in [4.69, 9.17) is 9.47 Å². The van der Waals surface area contributed by atoms with Gasteiger partial charge in [0.2, 0.25) is 0 Å². The van der Waals surface area contributed by atoms with Crippen molar-refractivity contribution < 1.29 is 14.3 Å². The van der Waals surface area contributed by atoms with Gasteiger partial charge in [0.15, 0.2) is 6.10 Å². The van der Waals surface area contributed by atoms with Crippen LogP contribution >= 0.6 is 0 Å². The van der Waals surface area contributed by atoms with E-state index in [0.717, 1.165) is 18.4 Å². The van der Waals surface area contributed by atoms with Gasteiger partial charge in [-0.15, -0.1) is 0 Å². The molecule has 84 valence electrons. The predicted octanol–water partition coefficient (Wildman–Crippen LogP) is 2.22. The Labute approximate surface area is 94.4 Å². The number of esters is 1. The van der Waals surface area contributed by atoms with Crippen LogP contribution in [0.25, 0.3) is 0 Å². The van der Waals surface area contributed by atoms with Gasteiger partial charge in [-0.2, -0.15) is 0 Å². The van der Waals surface area contributed by atoms with Crippen LogP contribution in [-0.2, 0) is 14.3 Å². The lowest BCUT2D eigenvalue weighted by atomic mass is 9.96. The molecule has 0 aromatic heterocycles. The second-order valence-corrected chi connectivity index (χ2v) is 4.38. The molecule has 3 heteroatoms. The van der Waals surface area contributed by atoms with Crippen LogP contribution in [0.1, 0.15) is 30.9 Å². The van der Waals surface area contributed by atoms with Crippen LogP contribution in [0.4, 0.5) is 0 Å². The van der Waals surface area contributed by atoms with Gasteiger partial charge in [0.25, 0.3) is 0 Å². The van der Waals surface area contributed by atoms with Crippen LogP contribution in [0.15, 0.2) is 30.3 Å². The van der Waals surface area contributed by atoms with Crippen molar-refractivity contribution in [1.29, 1.82) is 0 Å². The van der Waals surface area contributed by atoms with Crippen molar-refractivity contribution in [3.8, 4) is 0 Å². The highest BCUT2D eigenvalue weighted by molar-refractivity contribution is 5.78. The average Bonchev–Trinajstić information content (AvgIpc) is 3.04. The summed E-state index contributed by atoms with van der Waals surface area (Å²) < 4.78 is 10.7. The first-order chi connectivity index (χ1) is 7.84. The van der Waals surface area contributed by atoms with Crippen molar-refractivity contribution in [2.24, 2.45) is 0 Å². The van der Waals surface area contributed by atoms with Crippen molar-refractivity contribution in [3.63, 3.8) is 0 Å². The lowest BCUT2D eigenvalue weighted by Crippen LogP contribution is -2.27. The standard InChI is InChI=1S/C13H14O3/c14-13(15-10-7-4-8-10)12-11(16-12)9-5-2-1-3-6-9/h1-3,5-6,10-12H,4,7-8H2. The Morgan fingerprint density at radius 1 is 1.25 bits per heavy atom. The third-order valence-corrected chi connectivity index (χ3v) is 3.19. The summed E-state index contributed by atoms with van der Waals surface area (Å²) in [5.74, 6) is -0.196. The zero-order valence-electron chi connectivity index (χ0n) is 8.96. The minimum Gasteiger partial charge on any atom is -0.460 e. The van der Waals surface area contributed by atoms with Gasteiger partial charge in [0, 0.05) is 0 Å². The lowest BCUT2D eigenvalue weighted by Gasteiger charge is -2.24. The minimum atomic E-state index is -0.372. The Balaban J connectivity index is 1.57. The molecule has 1 aromatic carbocycles. The third kappa shape index (κ3) is 1.83. The molecule has 3 nitrogen and oxygen atoms in total. The molecule has 2 fully saturated rings. The van der Waals surface area contributed by atoms with E-state index in [1.54, 1.807) is 0 Å². The molecule has 2 atom stereocenters. The van der Waals surface area contributed by atoms with E-state index in [0.29, 0.717) is 0 Å². The number of carbonyl (C=O) groups is 1. The van der Waals surface area contributed by atoms with Crippen molar-refractivity contribution in [2.75, 3.05) is 0 Å². The van der Waals surface area contributed by atoms with Crippen LogP contribution in [0, 0.1) is 0 Å². The van der Waals surface area contributed by atoms with E-state index >= 15 is 0 Å². The Kier molecular flexibility index (Phi) is 2.40. The zero-order valence-corrected chi connectivity index (χ0v) is 8.96. The Morgan fingerprint density at radius 3 is 2.62 bits per heavy atom. The molecule has 1 aromatic rings. The maximum atomic E-state index is 11.6. The molecule has 0 bridgehead atoms. The second-order valence-electron chi connectivity index (χ2n) is 4.38. The molecule has 0 radical (unpaired) electrons. The smallest absolute Gasteiger partial charge is 0.338 e. The predicted molar refractivity (Wildman–Crippen MR) is 57.8 cm³/mol. The highest BCUT2D eigenvalue weighted by atomic mass is 16.6. The number of carbonyl (C=O) groups excluding carboxylic acids is 1. The fourth-order valence-corrected chi connectivity index (χ4v) is 1.91. The summed E-state index contributed by atoms with van der Waals surface area (Å²) >= 11 is 0. The van der Waals surface area contributed by atoms with Gasteiger partial charge in [-0.1, -0.05) is 30.3 Å². The Bertz CT molecular complexity index is 383. The normalized spacial score (nSPS) is 28.2. The van der Waals surface area contributed by atoms with E-state index < -0.39 is 0 Å². The van der Waals surface area contributed by atoms with Crippen molar-refractivity contribution in [3.05, 3.63) is 35.9 Å². The molecular formula is C13H14O3. The summed E-state index contributed by atoms with van der Waals surface area (Å²) in [6, 6.07) is 9.80. The molecule has 1 heterocycles. The molecule has 0 amide bonds. The third-order valence-electron chi connectivity index (χ3n) is 3.19. The number of hydrogen-bond donors (Lipinski definition) is 0. The summed E-state index contributed by atoms with van der Waals surface area (Å²) in [7, 11) is 0. The monoisotopic (exact) mass is 218 g/mol. The summed E-state index contributed by atoms with van der Waals surface area (Å²) in [6.07, 6.45) is 2.87. The molecule has 0 N–H and O–H groups in total. The first-order valence-corrected chi connectivity index (χ1v) is 5.75. The number of ether oxygens (including phenoxy) is 2. The molecule has 1 saturated heterocycles. The molecule has 2 aliphatic rings. The van der Waals surface area contributed by atoms with Crippen LogP contribution in [0.3, 0.4) is 0 Å². The van der Waals surface area contributed by atoms with Crippen LogP contribution in [0.2, 0.25) is 0 Å². The van der Waals surface area contributed by atoms with E-state index in [1.165, 1.54) is 6.42 Å². The van der Waals surface area contributed by atoms with Gasteiger partial charge in [-0.25, -0.2) is 4.79 Å². The summed E-state index contributed by atoms with van der Waals surface area (Å²) in [5, 5.41) is 0. The quantitative estimate of drug-likeness (QED) is 0.576. The Hall–Kier alpha value is -1.35. The first kappa shape index (κ1) is 9.85. The minimum absolute atomic E-state index is 0.0891. The number of hydrogen-bond acceptors (Lipinski definition) is 3. The maximum Gasteiger partial charge on any atom is 0.338 e. The fourth-order valence-electron chi connectivity index (χ4n) is 1.91. The average molecular weight is 218 g/mol. The SMILES string of the molecule is O=C(OC1CCC1)C1OC1c1ccccc1. The second kappa shape index (κ2) is 3.91. The number of epoxide rings is 1. The molecule has 3 rings (SSSR count). The van der Waals surface area contributed by atoms with Crippen LogP contribution < -0.4 is 0 Å². The van der Waals surface area contributed by atoms with Crippen molar-refractivity contribution in [1.82, 2.24) is 0 Å². The molecule has 2 unspecified atom stereocenters. The van der Waals surface area contributed by atoms with Crippen molar-refractivity contribution in [2.45, 2.75) is 37.6 Å². The summed E-state index contributed by atoms with van der Waals surface area (Å²) in [4.78, 5) is 11.6. The van der Waals surface area contributed by atoms with E-state index in [-0.39, 0.29) is 24.3 Å². The van der Waals surface area contributed by atoms with Gasteiger partial charge in [0.05, 0.1) is 0 Å². The van der Waals surface area contributed by atoms with E-state index in [9.17, 15) is 4.79 Å². The number of benzene rings is 1. The van der Waals surface area contributed by atoms with Crippen LogP contribution in [0.5, 0.6) is 0 Å². The maximum absolute atomic E-state index is 11.6. The van der Waals surface area contributed by atoms with Gasteiger partial charge in [0.1, 0.15) is 12.2 Å². The molecule has 0 spiro atoms. The largest absolute Gasteiger partial charge is 0.460 e. The van der Waals surface area contributed by atoms with Gasteiger partial charge in [-0.3, -0.25) is 0 Å². The molecule has 1 aliphatic carbocycles. The highest BCUT2D eigenvalue weighted by Crippen LogP contribution is 2.40. The topological polar surface area (TPSA) is 38.8 Å². The van der Waals surface area contributed by atoms with Gasteiger partial charge < -0.3 is 9.47 Å². The van der Waals surface area contributed by atoms with Crippen molar-refractivity contribution >= 4 is 5.97 Å². The molecular weight excluding hydrogens is 204 g/mol. The first-order valence-electron chi connectivity index (χ1n) is 5.75. The number of rotatable bonds is 3. The summed E-state index contributed by atoms with van der Waals surface area (Å²) in [5.41, 5.74) is 1.05.